The van der Waals surface area contributed by atoms with Crippen LogP contribution in [-0.4, -0.2) is 36.1 Å². The number of rotatable bonds is 5. The average molecular weight is 416 g/mol. The van der Waals surface area contributed by atoms with E-state index in [2.05, 4.69) is 10.6 Å². The molecular formula is C20H18ClN3O5. The topological polar surface area (TPSA) is 97.0 Å². The van der Waals surface area contributed by atoms with Crippen molar-refractivity contribution in [2.75, 3.05) is 13.3 Å². The van der Waals surface area contributed by atoms with Crippen molar-refractivity contribution in [3.63, 3.8) is 0 Å². The molecule has 0 saturated carbocycles. The molecule has 9 heteroatoms. The summed E-state index contributed by atoms with van der Waals surface area (Å²) >= 11 is 5.93. The van der Waals surface area contributed by atoms with E-state index in [1.807, 2.05) is 6.07 Å². The van der Waals surface area contributed by atoms with Gasteiger partial charge in [0.05, 0.1) is 0 Å². The van der Waals surface area contributed by atoms with Crippen LogP contribution in [0.15, 0.2) is 42.5 Å². The molecule has 29 heavy (non-hydrogen) atoms. The van der Waals surface area contributed by atoms with Crippen LogP contribution in [0.4, 0.5) is 4.79 Å². The van der Waals surface area contributed by atoms with Gasteiger partial charge in [0, 0.05) is 11.6 Å². The summed E-state index contributed by atoms with van der Waals surface area (Å²) in [7, 11) is 0. The zero-order valence-electron chi connectivity index (χ0n) is 15.5. The molecule has 0 aliphatic carbocycles. The molecule has 8 nitrogen and oxygen atoms in total. The summed E-state index contributed by atoms with van der Waals surface area (Å²) in [4.78, 5) is 38.6. The molecule has 2 aliphatic rings. The van der Waals surface area contributed by atoms with Crippen LogP contribution in [0.1, 0.15) is 18.1 Å². The highest BCUT2D eigenvalue weighted by Crippen LogP contribution is 2.37. The zero-order valence-corrected chi connectivity index (χ0v) is 16.3. The van der Waals surface area contributed by atoms with Crippen molar-refractivity contribution in [2.45, 2.75) is 19.0 Å². The Balaban J connectivity index is 1.44. The third-order valence-corrected chi connectivity index (χ3v) is 5.14. The van der Waals surface area contributed by atoms with Crippen LogP contribution in [0.3, 0.4) is 0 Å². The molecule has 2 aliphatic heterocycles. The number of hydrogen-bond acceptors (Lipinski definition) is 5. The number of nitrogens with one attached hydrogen (secondary N) is 2. The maximum atomic E-state index is 13.0. The van der Waals surface area contributed by atoms with Crippen LogP contribution in [-0.2, 0) is 21.7 Å². The zero-order chi connectivity index (χ0) is 20.6. The summed E-state index contributed by atoms with van der Waals surface area (Å²) in [6, 6.07) is 11.5. The SMILES string of the molecule is C[C@]1(c2ccc3c(c2)OCO3)NC(=O)N(CC(=O)NCc2cccc(Cl)c2)C1=O. The van der Waals surface area contributed by atoms with Crippen molar-refractivity contribution >= 4 is 29.4 Å². The Bertz CT molecular complexity index is 1010. The minimum absolute atomic E-state index is 0.106. The highest BCUT2D eigenvalue weighted by Gasteiger charge is 2.49. The average Bonchev–Trinajstić information content (AvgIpc) is 3.25. The van der Waals surface area contributed by atoms with Gasteiger partial charge in [-0.3, -0.25) is 14.5 Å². The second-order valence-electron chi connectivity index (χ2n) is 6.92. The van der Waals surface area contributed by atoms with Crippen molar-refractivity contribution in [1.82, 2.24) is 15.5 Å². The Morgan fingerprint density at radius 2 is 2.00 bits per heavy atom. The predicted molar refractivity (Wildman–Crippen MR) is 103 cm³/mol. The first-order valence-corrected chi connectivity index (χ1v) is 9.30. The monoisotopic (exact) mass is 415 g/mol. The van der Waals surface area contributed by atoms with Crippen LogP contribution in [0.5, 0.6) is 11.5 Å². The number of carbonyl (C=O) groups excluding carboxylic acids is 3. The number of carbonyl (C=O) groups is 3. The number of ether oxygens (including phenoxy) is 2. The van der Waals surface area contributed by atoms with Gasteiger partial charge in [-0.2, -0.15) is 0 Å². The van der Waals surface area contributed by atoms with Crippen molar-refractivity contribution in [1.29, 1.82) is 0 Å². The fourth-order valence-corrected chi connectivity index (χ4v) is 3.50. The second-order valence-corrected chi connectivity index (χ2v) is 7.36. The molecule has 150 valence electrons. The number of halogens is 1. The van der Waals surface area contributed by atoms with E-state index in [9.17, 15) is 14.4 Å². The summed E-state index contributed by atoms with van der Waals surface area (Å²) in [5.41, 5.74) is 0.0564. The van der Waals surface area contributed by atoms with Crippen LogP contribution < -0.4 is 20.1 Å². The lowest BCUT2D eigenvalue weighted by atomic mass is 9.91. The van der Waals surface area contributed by atoms with E-state index in [1.54, 1.807) is 43.3 Å². The third-order valence-electron chi connectivity index (χ3n) is 4.91. The van der Waals surface area contributed by atoms with Crippen LogP contribution >= 0.6 is 11.6 Å². The highest BCUT2D eigenvalue weighted by atomic mass is 35.5. The molecule has 1 fully saturated rings. The summed E-state index contributed by atoms with van der Waals surface area (Å²) in [6.07, 6.45) is 0. The van der Waals surface area contributed by atoms with E-state index in [-0.39, 0.29) is 19.9 Å². The van der Waals surface area contributed by atoms with Gasteiger partial charge in [-0.05, 0) is 42.3 Å². The Morgan fingerprint density at radius 1 is 1.21 bits per heavy atom. The Hall–Kier alpha value is -3.26. The molecule has 2 aromatic rings. The van der Waals surface area contributed by atoms with Gasteiger partial charge in [0.15, 0.2) is 11.5 Å². The normalized spacial score (nSPS) is 20.0. The van der Waals surface area contributed by atoms with Gasteiger partial charge >= 0.3 is 6.03 Å². The molecule has 2 heterocycles. The first-order valence-electron chi connectivity index (χ1n) is 8.92. The molecule has 0 spiro atoms. The summed E-state index contributed by atoms with van der Waals surface area (Å²) in [6.45, 7) is 1.55. The fraction of sp³-hybridized carbons (Fsp3) is 0.250. The first kappa shape index (κ1) is 19.1. The standard InChI is InChI=1S/C20H18ClN3O5/c1-20(13-5-6-15-16(8-13)29-11-28-15)18(26)24(19(27)23-20)10-17(25)22-9-12-3-2-4-14(21)7-12/h2-8H,9-11H2,1H3,(H,22,25)(H,23,27)/t20-/m1/s1. The number of urea groups is 1. The van der Waals surface area contributed by atoms with Gasteiger partial charge in [-0.25, -0.2) is 4.79 Å². The van der Waals surface area contributed by atoms with Crippen LogP contribution in [0, 0.1) is 0 Å². The van der Waals surface area contributed by atoms with Crippen LogP contribution in [0.2, 0.25) is 5.02 Å². The predicted octanol–water partition coefficient (Wildman–Crippen LogP) is 2.15. The van der Waals surface area contributed by atoms with E-state index in [1.165, 1.54) is 0 Å². The molecule has 1 saturated heterocycles. The number of amides is 4. The lowest BCUT2D eigenvalue weighted by Crippen LogP contribution is -2.43. The van der Waals surface area contributed by atoms with Gasteiger partial charge in [0.25, 0.3) is 5.91 Å². The molecule has 0 unspecified atom stereocenters. The Morgan fingerprint density at radius 3 is 2.79 bits per heavy atom. The van der Waals surface area contributed by atoms with Crippen molar-refractivity contribution in [3.05, 3.63) is 58.6 Å². The number of fused-ring (bicyclic) bond motifs is 1. The number of imide groups is 1. The molecule has 0 bridgehead atoms. The molecule has 4 amide bonds. The lowest BCUT2D eigenvalue weighted by Gasteiger charge is -2.22. The molecule has 4 rings (SSSR count). The quantitative estimate of drug-likeness (QED) is 0.729. The maximum Gasteiger partial charge on any atom is 0.325 e. The number of benzene rings is 2. The smallest absolute Gasteiger partial charge is 0.325 e. The van der Waals surface area contributed by atoms with Gasteiger partial charge in [-0.1, -0.05) is 29.8 Å². The Labute approximate surface area is 171 Å². The minimum atomic E-state index is -1.30. The Kier molecular flexibility index (Phi) is 4.79. The summed E-state index contributed by atoms with van der Waals surface area (Å²) in [5, 5.41) is 5.92. The first-order chi connectivity index (χ1) is 13.9. The highest BCUT2D eigenvalue weighted by molar-refractivity contribution is 6.30. The van der Waals surface area contributed by atoms with Gasteiger partial charge < -0.3 is 20.1 Å². The molecule has 2 N–H and O–H groups in total. The largest absolute Gasteiger partial charge is 0.454 e. The van der Waals surface area contributed by atoms with Gasteiger partial charge in [0.1, 0.15) is 12.1 Å². The van der Waals surface area contributed by atoms with Crippen molar-refractivity contribution in [3.8, 4) is 11.5 Å². The molecule has 1 atom stereocenters. The van der Waals surface area contributed by atoms with E-state index in [4.69, 9.17) is 21.1 Å². The molecule has 0 aromatic heterocycles. The second kappa shape index (κ2) is 7.29. The lowest BCUT2D eigenvalue weighted by molar-refractivity contribution is -0.134. The minimum Gasteiger partial charge on any atom is -0.454 e. The van der Waals surface area contributed by atoms with E-state index < -0.39 is 23.4 Å². The van der Waals surface area contributed by atoms with Gasteiger partial charge in [0.2, 0.25) is 12.7 Å². The van der Waals surface area contributed by atoms with E-state index in [0.717, 1.165) is 10.5 Å². The fourth-order valence-electron chi connectivity index (χ4n) is 3.29. The number of hydrogen-bond donors (Lipinski definition) is 2. The van der Waals surface area contributed by atoms with E-state index >= 15 is 0 Å². The third kappa shape index (κ3) is 3.58. The molecule has 0 radical (unpaired) electrons. The van der Waals surface area contributed by atoms with Crippen molar-refractivity contribution < 1.29 is 23.9 Å². The van der Waals surface area contributed by atoms with Crippen LogP contribution in [0.25, 0.3) is 0 Å². The van der Waals surface area contributed by atoms with Gasteiger partial charge in [-0.15, -0.1) is 0 Å². The maximum absolute atomic E-state index is 13.0. The number of nitrogens with zero attached hydrogens (tertiary/aromatic N) is 1. The molecule has 2 aromatic carbocycles. The summed E-state index contributed by atoms with van der Waals surface area (Å²) < 4.78 is 10.6. The van der Waals surface area contributed by atoms with Crippen molar-refractivity contribution in [2.24, 2.45) is 0 Å². The molecular weight excluding hydrogens is 398 g/mol. The van der Waals surface area contributed by atoms with E-state index in [0.29, 0.717) is 22.1 Å². The summed E-state index contributed by atoms with van der Waals surface area (Å²) in [5.74, 6) is 0.109.